The summed E-state index contributed by atoms with van der Waals surface area (Å²) in [6, 6.07) is 5.33. The second-order valence-corrected chi connectivity index (χ2v) is 11.8. The molecule has 1 fully saturated rings. The van der Waals surface area contributed by atoms with Gasteiger partial charge in [0.25, 0.3) is 0 Å². The SMILES string of the molecule is CCS(=O)(=O)Nc1ccc2c(c1)nc(C(C)(C)C)n2CC1CCC(F)(F)CC1.O=C(O)/C=C\C(=O)O. The minimum atomic E-state index is -3.36. The monoisotopic (exact) mass is 529 g/mol. The fourth-order valence-electron chi connectivity index (χ4n) is 3.89. The van der Waals surface area contributed by atoms with Crippen LogP contribution in [0, 0.1) is 5.92 Å². The summed E-state index contributed by atoms with van der Waals surface area (Å²) >= 11 is 0. The van der Waals surface area contributed by atoms with Gasteiger partial charge >= 0.3 is 11.9 Å². The fourth-order valence-corrected chi connectivity index (χ4v) is 4.52. The highest BCUT2D eigenvalue weighted by molar-refractivity contribution is 7.92. The standard InChI is InChI=1S/C20H29F2N3O2S.C4H4O4/c1-5-28(26,27)24-15-6-7-17-16(12-15)23-18(19(2,3)4)25(17)13-14-8-10-20(21,22)11-9-14;5-3(6)1-2-4(7)8/h6-7,12,14,24H,5,8-11,13H2,1-4H3;1-2H,(H,5,6)(H,7,8)/b;2-1-. The molecule has 0 atom stereocenters. The van der Waals surface area contributed by atoms with E-state index in [1.807, 2.05) is 6.07 Å². The summed E-state index contributed by atoms with van der Waals surface area (Å²) in [4.78, 5) is 23.9. The number of rotatable bonds is 7. The third-order valence-electron chi connectivity index (χ3n) is 5.72. The van der Waals surface area contributed by atoms with E-state index in [-0.39, 0.29) is 29.9 Å². The van der Waals surface area contributed by atoms with Gasteiger partial charge in [0, 0.05) is 37.0 Å². The van der Waals surface area contributed by atoms with Crippen LogP contribution in [-0.2, 0) is 31.6 Å². The van der Waals surface area contributed by atoms with Gasteiger partial charge in [-0.1, -0.05) is 20.8 Å². The molecule has 36 heavy (non-hydrogen) atoms. The van der Waals surface area contributed by atoms with Crippen LogP contribution in [0.1, 0.15) is 59.2 Å². The average Bonchev–Trinajstić information content (AvgIpc) is 3.12. The second-order valence-electron chi connectivity index (χ2n) is 9.81. The van der Waals surface area contributed by atoms with Gasteiger partial charge in [-0.2, -0.15) is 0 Å². The third-order valence-corrected chi connectivity index (χ3v) is 7.03. The van der Waals surface area contributed by atoms with Crippen molar-refractivity contribution in [2.45, 2.75) is 71.3 Å². The van der Waals surface area contributed by atoms with Crippen molar-refractivity contribution in [1.29, 1.82) is 0 Å². The maximum absolute atomic E-state index is 13.5. The van der Waals surface area contributed by atoms with Gasteiger partial charge in [-0.25, -0.2) is 31.8 Å². The van der Waals surface area contributed by atoms with E-state index in [1.165, 1.54) is 0 Å². The lowest BCUT2D eigenvalue weighted by Gasteiger charge is -2.30. The Morgan fingerprint density at radius 3 is 2.19 bits per heavy atom. The van der Waals surface area contributed by atoms with Crippen molar-refractivity contribution in [1.82, 2.24) is 9.55 Å². The van der Waals surface area contributed by atoms with Gasteiger partial charge in [0.15, 0.2) is 0 Å². The number of alkyl halides is 2. The average molecular weight is 530 g/mol. The van der Waals surface area contributed by atoms with Gasteiger partial charge in [-0.05, 0) is 43.9 Å². The van der Waals surface area contributed by atoms with Crippen molar-refractivity contribution in [3.05, 3.63) is 36.2 Å². The summed E-state index contributed by atoms with van der Waals surface area (Å²) < 4.78 is 55.4. The molecule has 0 saturated heterocycles. The molecule has 1 aromatic carbocycles. The number of nitrogens with one attached hydrogen (secondary N) is 1. The summed E-state index contributed by atoms with van der Waals surface area (Å²) in [7, 11) is -3.36. The number of hydrogen-bond donors (Lipinski definition) is 3. The molecule has 0 radical (unpaired) electrons. The first-order chi connectivity index (χ1) is 16.5. The normalized spacial score (nSPS) is 16.5. The Morgan fingerprint density at radius 2 is 1.72 bits per heavy atom. The smallest absolute Gasteiger partial charge is 0.328 e. The van der Waals surface area contributed by atoms with Crippen molar-refractivity contribution < 1.29 is 37.0 Å². The molecule has 1 aliphatic carbocycles. The van der Waals surface area contributed by atoms with E-state index in [9.17, 15) is 26.8 Å². The van der Waals surface area contributed by atoms with Crippen molar-refractivity contribution in [3.63, 3.8) is 0 Å². The van der Waals surface area contributed by atoms with Gasteiger partial charge in [0.1, 0.15) is 5.82 Å². The van der Waals surface area contributed by atoms with Crippen LogP contribution in [0.3, 0.4) is 0 Å². The molecule has 0 spiro atoms. The van der Waals surface area contributed by atoms with Gasteiger partial charge in [-0.3, -0.25) is 4.72 Å². The first-order valence-electron chi connectivity index (χ1n) is 11.6. The first kappa shape index (κ1) is 29.2. The lowest BCUT2D eigenvalue weighted by molar-refractivity contribution is -0.134. The number of sulfonamides is 1. The summed E-state index contributed by atoms with van der Waals surface area (Å²) in [5.41, 5.74) is 1.88. The molecule has 2 aromatic rings. The quantitative estimate of drug-likeness (QED) is 0.444. The predicted molar refractivity (Wildman–Crippen MR) is 133 cm³/mol. The Kier molecular flexibility index (Phi) is 9.22. The van der Waals surface area contributed by atoms with E-state index >= 15 is 0 Å². The number of aromatic nitrogens is 2. The second kappa shape index (κ2) is 11.4. The Morgan fingerprint density at radius 1 is 1.17 bits per heavy atom. The molecule has 1 aromatic heterocycles. The van der Waals surface area contributed by atoms with Crippen LogP contribution in [0.2, 0.25) is 0 Å². The van der Waals surface area contributed by atoms with Crippen molar-refractivity contribution >= 4 is 38.7 Å². The highest BCUT2D eigenvalue weighted by atomic mass is 32.2. The maximum atomic E-state index is 13.5. The molecule has 0 bridgehead atoms. The minimum Gasteiger partial charge on any atom is -0.478 e. The van der Waals surface area contributed by atoms with Crippen molar-refractivity contribution in [3.8, 4) is 0 Å². The van der Waals surface area contributed by atoms with Crippen LogP contribution < -0.4 is 4.72 Å². The fraction of sp³-hybridized carbons (Fsp3) is 0.542. The number of nitrogens with zero attached hydrogens (tertiary/aromatic N) is 2. The van der Waals surface area contributed by atoms with Crippen LogP contribution in [-0.4, -0.2) is 51.8 Å². The third kappa shape index (κ3) is 8.58. The van der Waals surface area contributed by atoms with Gasteiger partial charge in [-0.15, -0.1) is 0 Å². The number of fused-ring (bicyclic) bond motifs is 1. The number of carbonyl (C=O) groups is 2. The van der Waals surface area contributed by atoms with Crippen LogP contribution >= 0.6 is 0 Å². The van der Waals surface area contributed by atoms with E-state index in [0.29, 0.717) is 42.7 Å². The molecule has 3 N–H and O–H groups in total. The lowest BCUT2D eigenvalue weighted by Crippen LogP contribution is -2.28. The molecule has 1 aliphatic rings. The van der Waals surface area contributed by atoms with Gasteiger partial charge in [0.2, 0.25) is 15.9 Å². The largest absolute Gasteiger partial charge is 0.478 e. The Bertz CT molecular complexity index is 1210. The highest BCUT2D eigenvalue weighted by Crippen LogP contribution is 2.38. The van der Waals surface area contributed by atoms with E-state index in [4.69, 9.17) is 15.2 Å². The minimum absolute atomic E-state index is 0.000960. The van der Waals surface area contributed by atoms with Gasteiger partial charge < -0.3 is 14.8 Å². The molecule has 0 aliphatic heterocycles. The van der Waals surface area contributed by atoms with Crippen molar-refractivity contribution in [2.75, 3.05) is 10.5 Å². The summed E-state index contributed by atoms with van der Waals surface area (Å²) in [5, 5.41) is 15.6. The topological polar surface area (TPSA) is 139 Å². The zero-order valence-corrected chi connectivity index (χ0v) is 21.6. The van der Waals surface area contributed by atoms with Crippen LogP contribution in [0.25, 0.3) is 11.0 Å². The number of carboxylic acids is 2. The summed E-state index contributed by atoms with van der Waals surface area (Å²) in [6.45, 7) is 8.45. The Balaban J connectivity index is 0.000000493. The lowest BCUT2D eigenvalue weighted by atomic mass is 9.86. The Hall–Kier alpha value is -3.02. The molecule has 1 saturated carbocycles. The molecule has 0 amide bonds. The van der Waals surface area contributed by atoms with E-state index in [1.54, 1.807) is 19.1 Å². The predicted octanol–water partition coefficient (Wildman–Crippen LogP) is 4.63. The van der Waals surface area contributed by atoms with Gasteiger partial charge in [0.05, 0.1) is 22.5 Å². The zero-order chi connectivity index (χ0) is 27.3. The van der Waals surface area contributed by atoms with E-state index in [0.717, 1.165) is 11.3 Å². The summed E-state index contributed by atoms with van der Waals surface area (Å²) in [5.74, 6) is -3.98. The number of aliphatic carboxylic acids is 2. The number of hydrogen-bond acceptors (Lipinski definition) is 5. The molecular formula is C24H33F2N3O6S. The molecule has 200 valence electrons. The summed E-state index contributed by atoms with van der Waals surface area (Å²) in [6.07, 6.45) is 2.01. The molecule has 3 rings (SSSR count). The van der Waals surface area contributed by atoms with Crippen LogP contribution in [0.15, 0.2) is 30.4 Å². The van der Waals surface area contributed by atoms with Crippen LogP contribution in [0.5, 0.6) is 0 Å². The highest BCUT2D eigenvalue weighted by Gasteiger charge is 2.35. The first-order valence-corrected chi connectivity index (χ1v) is 13.2. The molecular weight excluding hydrogens is 496 g/mol. The van der Waals surface area contributed by atoms with E-state index < -0.39 is 27.9 Å². The van der Waals surface area contributed by atoms with Crippen LogP contribution in [0.4, 0.5) is 14.5 Å². The molecule has 9 nitrogen and oxygen atoms in total. The molecule has 1 heterocycles. The number of carboxylic acid groups (broad SMARTS) is 2. The number of halogens is 2. The molecule has 0 unspecified atom stereocenters. The van der Waals surface area contributed by atoms with Crippen molar-refractivity contribution in [2.24, 2.45) is 5.92 Å². The maximum Gasteiger partial charge on any atom is 0.328 e. The number of imidazole rings is 1. The number of anilines is 1. The number of benzene rings is 1. The van der Waals surface area contributed by atoms with E-state index in [2.05, 4.69) is 30.1 Å². The zero-order valence-electron chi connectivity index (χ0n) is 20.8. The molecule has 12 heteroatoms. The Labute approximate surface area is 209 Å².